The molecule has 7 heteroatoms. The summed E-state index contributed by atoms with van der Waals surface area (Å²) in [6, 6.07) is 20.1. The summed E-state index contributed by atoms with van der Waals surface area (Å²) in [5.74, 6) is 1.37. The van der Waals surface area contributed by atoms with E-state index in [1.54, 1.807) is 18.2 Å². The number of anilines is 1. The maximum absolute atomic E-state index is 12.8. The second-order valence-electron chi connectivity index (χ2n) is 7.48. The molecule has 0 radical (unpaired) electrons. The van der Waals surface area contributed by atoms with Crippen LogP contribution in [0.15, 0.2) is 75.6 Å². The van der Waals surface area contributed by atoms with Crippen LogP contribution in [-0.2, 0) is 0 Å². The first-order valence-corrected chi connectivity index (χ1v) is 11.3. The first-order valence-electron chi connectivity index (χ1n) is 11.3. The molecule has 2 heterocycles. The summed E-state index contributed by atoms with van der Waals surface area (Å²) in [7, 11) is 3.06. The zero-order valence-electron chi connectivity index (χ0n) is 20.3. The van der Waals surface area contributed by atoms with Gasteiger partial charge >= 0.3 is 0 Å². The van der Waals surface area contributed by atoms with E-state index in [-0.39, 0.29) is 11.7 Å². The van der Waals surface area contributed by atoms with Crippen molar-refractivity contribution >= 4 is 33.5 Å². The van der Waals surface area contributed by atoms with Gasteiger partial charge in [0, 0.05) is 16.8 Å². The highest BCUT2D eigenvalue weighted by molar-refractivity contribution is 6.05. The minimum Gasteiger partial charge on any atom is -0.494 e. The van der Waals surface area contributed by atoms with Crippen LogP contribution in [0, 0.1) is 6.92 Å². The van der Waals surface area contributed by atoms with Crippen LogP contribution in [0.1, 0.15) is 30.0 Å². The summed E-state index contributed by atoms with van der Waals surface area (Å²) in [6.45, 7) is 5.91. The minimum absolute atomic E-state index is 0.0875. The number of aryl methyl sites for hydroxylation is 1. The number of benzene rings is 3. The van der Waals surface area contributed by atoms with Gasteiger partial charge in [0.25, 0.3) is 11.9 Å². The summed E-state index contributed by atoms with van der Waals surface area (Å²) in [6.07, 6.45) is 0. The second-order valence-corrected chi connectivity index (χ2v) is 7.48. The molecule has 0 saturated heterocycles. The topological polar surface area (TPSA) is 83.1 Å². The summed E-state index contributed by atoms with van der Waals surface area (Å²) >= 11 is 0. The van der Waals surface area contributed by atoms with Crippen LogP contribution in [0.3, 0.4) is 0 Å². The number of hydrogen-bond donors (Lipinski definition) is 1. The minimum atomic E-state index is -0.457. The third-order valence-electron chi connectivity index (χ3n) is 5.26. The Hall–Kier alpha value is -4.39. The van der Waals surface area contributed by atoms with Crippen LogP contribution < -0.4 is 19.5 Å². The van der Waals surface area contributed by atoms with Crippen LogP contribution in [0.5, 0.6) is 23.2 Å². The van der Waals surface area contributed by atoms with Crippen LogP contribution in [0.2, 0.25) is 0 Å². The average molecular weight is 474 g/mol. The number of carbonyl (C=O) groups is 1. The number of hydrogen-bond acceptors (Lipinski definition) is 6. The van der Waals surface area contributed by atoms with Gasteiger partial charge in [-0.15, -0.1) is 0 Å². The second kappa shape index (κ2) is 10.3. The normalized spacial score (nSPS) is 10.5. The largest absolute Gasteiger partial charge is 0.494 e. The molecule has 0 unspecified atom stereocenters. The third-order valence-corrected chi connectivity index (χ3v) is 5.26. The highest BCUT2D eigenvalue weighted by Gasteiger charge is 2.19. The van der Waals surface area contributed by atoms with Gasteiger partial charge in [0.05, 0.1) is 14.2 Å². The lowest BCUT2D eigenvalue weighted by Crippen LogP contribution is -2.13. The van der Waals surface area contributed by atoms with Gasteiger partial charge in [0.1, 0.15) is 34.1 Å². The number of fused-ring (bicyclic) bond motifs is 3. The molecule has 0 fully saturated rings. The molecule has 5 rings (SSSR count). The molecule has 0 aliphatic rings. The maximum Gasteiger partial charge on any atom is 0.291 e. The smallest absolute Gasteiger partial charge is 0.291 e. The van der Waals surface area contributed by atoms with Crippen LogP contribution in [0.4, 0.5) is 5.69 Å². The number of rotatable bonds is 6. The Kier molecular flexibility index (Phi) is 6.96. The molecule has 0 bridgehead atoms. The predicted octanol–water partition coefficient (Wildman–Crippen LogP) is 7.58. The quantitative estimate of drug-likeness (QED) is 0.274. The van der Waals surface area contributed by atoms with E-state index in [1.165, 1.54) is 14.2 Å². The molecular formula is C28H27NO6. The number of ether oxygens (including phenoxy) is 3. The number of amides is 1. The Labute approximate surface area is 203 Å². The van der Waals surface area contributed by atoms with Crippen LogP contribution in [0.25, 0.3) is 21.9 Å². The first-order chi connectivity index (χ1) is 17.1. The molecule has 0 aliphatic heterocycles. The molecule has 7 nitrogen and oxygen atoms in total. The number of nitrogens with one attached hydrogen (secondary N) is 1. The molecule has 0 saturated carbocycles. The summed E-state index contributed by atoms with van der Waals surface area (Å²) < 4.78 is 28.1. The molecule has 180 valence electrons. The number of furan rings is 2. The van der Waals surface area contributed by atoms with E-state index in [2.05, 4.69) is 5.32 Å². The first kappa shape index (κ1) is 23.8. The molecule has 1 amide bonds. The monoisotopic (exact) mass is 473 g/mol. The van der Waals surface area contributed by atoms with Gasteiger partial charge in [0.15, 0.2) is 5.76 Å². The van der Waals surface area contributed by atoms with Gasteiger partial charge in [0.2, 0.25) is 0 Å². The van der Waals surface area contributed by atoms with E-state index >= 15 is 0 Å². The van der Waals surface area contributed by atoms with Gasteiger partial charge in [-0.2, -0.15) is 0 Å². The van der Waals surface area contributed by atoms with E-state index < -0.39 is 5.91 Å². The fourth-order valence-electron chi connectivity index (χ4n) is 3.72. The van der Waals surface area contributed by atoms with Crippen molar-refractivity contribution in [2.45, 2.75) is 20.8 Å². The van der Waals surface area contributed by atoms with Crippen molar-refractivity contribution in [2.24, 2.45) is 0 Å². The zero-order valence-corrected chi connectivity index (χ0v) is 20.3. The standard InChI is InChI=1S/C26H21NO6.C2H6/c1-15-12-22(29-2)25(23(13-15)30-3)27-26(28)21-10-11-24(33-21)31-16-8-9-20-18(14-16)17-6-4-5-7-19(17)32-20;1-2/h4-14H,1-3H3,(H,27,28);1-2H3. The number of methoxy groups -OCH3 is 2. The highest BCUT2D eigenvalue weighted by Crippen LogP contribution is 2.37. The van der Waals surface area contributed by atoms with E-state index in [0.717, 1.165) is 27.5 Å². The van der Waals surface area contributed by atoms with Crippen molar-refractivity contribution in [3.05, 3.63) is 78.1 Å². The molecule has 3 aromatic carbocycles. The lowest BCUT2D eigenvalue weighted by molar-refractivity contribution is 0.0991. The highest BCUT2D eigenvalue weighted by atomic mass is 16.6. The van der Waals surface area contributed by atoms with Crippen molar-refractivity contribution in [3.8, 4) is 23.2 Å². The lowest BCUT2D eigenvalue weighted by atomic mass is 10.1. The Morgan fingerprint density at radius 3 is 2.20 bits per heavy atom. The van der Waals surface area contributed by atoms with Gasteiger partial charge in [-0.25, -0.2) is 0 Å². The molecule has 0 aliphatic carbocycles. The average Bonchev–Trinajstić information content (AvgIpc) is 3.50. The third kappa shape index (κ3) is 4.80. The summed E-state index contributed by atoms with van der Waals surface area (Å²) in [4.78, 5) is 12.8. The molecule has 2 aromatic heterocycles. The fraction of sp³-hybridized carbons (Fsp3) is 0.179. The van der Waals surface area contributed by atoms with Crippen LogP contribution >= 0.6 is 0 Å². The summed E-state index contributed by atoms with van der Waals surface area (Å²) in [5.41, 5.74) is 2.94. The Balaban J connectivity index is 0.00000141. The molecule has 35 heavy (non-hydrogen) atoms. The van der Waals surface area contributed by atoms with Gasteiger partial charge in [-0.3, -0.25) is 4.79 Å². The SMILES string of the molecule is CC.COc1cc(C)cc(OC)c1NC(=O)c1ccc(Oc2ccc3oc4ccccc4c3c2)o1. The Morgan fingerprint density at radius 2 is 1.49 bits per heavy atom. The number of carbonyl (C=O) groups excluding carboxylic acids is 1. The lowest BCUT2D eigenvalue weighted by Gasteiger charge is -2.14. The Bertz CT molecular complexity index is 1450. The molecule has 0 spiro atoms. The van der Waals surface area contributed by atoms with Crippen molar-refractivity contribution in [2.75, 3.05) is 19.5 Å². The molecule has 5 aromatic rings. The van der Waals surface area contributed by atoms with Crippen LogP contribution in [-0.4, -0.2) is 20.1 Å². The molecule has 1 N–H and O–H groups in total. The summed E-state index contributed by atoms with van der Waals surface area (Å²) in [5, 5.41) is 4.73. The van der Waals surface area contributed by atoms with Crippen molar-refractivity contribution in [1.82, 2.24) is 0 Å². The number of para-hydroxylation sites is 1. The zero-order chi connectivity index (χ0) is 24.9. The predicted molar refractivity (Wildman–Crippen MR) is 136 cm³/mol. The van der Waals surface area contributed by atoms with E-state index in [9.17, 15) is 4.79 Å². The molecular weight excluding hydrogens is 446 g/mol. The van der Waals surface area contributed by atoms with Crippen molar-refractivity contribution < 1.29 is 27.8 Å². The van der Waals surface area contributed by atoms with E-state index in [0.29, 0.717) is 22.9 Å². The maximum atomic E-state index is 12.8. The van der Waals surface area contributed by atoms with E-state index in [4.69, 9.17) is 23.0 Å². The van der Waals surface area contributed by atoms with Gasteiger partial charge in [-0.1, -0.05) is 32.0 Å². The van der Waals surface area contributed by atoms with E-state index in [1.807, 2.05) is 69.3 Å². The fourth-order valence-corrected chi connectivity index (χ4v) is 3.72. The van der Waals surface area contributed by atoms with Gasteiger partial charge in [-0.05, 0) is 55.0 Å². The van der Waals surface area contributed by atoms with Gasteiger partial charge < -0.3 is 28.4 Å². The molecule has 0 atom stereocenters. The van der Waals surface area contributed by atoms with Crippen molar-refractivity contribution in [3.63, 3.8) is 0 Å². The Morgan fingerprint density at radius 1 is 0.800 bits per heavy atom. The van der Waals surface area contributed by atoms with Crippen molar-refractivity contribution in [1.29, 1.82) is 0 Å².